The molecule has 0 radical (unpaired) electrons. The molecule has 4 aromatic heterocycles. The molecule has 2 atom stereocenters. The SMILES string of the molecule is CCn1nc(C)cc1C(=O)N=c1n(C)c2cc(C(N)=O)ccc2n1C[C@@H]1C[C@H]1Cn1c(=NC(=O)c2cc(C)nn2CC)n(C)c2cc(C(N)=O)ccc21. The number of aromatic nitrogens is 8. The maximum atomic E-state index is 13.6. The second kappa shape index (κ2) is 13.3. The van der Waals surface area contributed by atoms with Gasteiger partial charge in [0.1, 0.15) is 11.4 Å². The molecular weight excluding hydrogens is 676 g/mol. The van der Waals surface area contributed by atoms with E-state index in [1.165, 1.54) is 0 Å². The van der Waals surface area contributed by atoms with Gasteiger partial charge in [-0.2, -0.15) is 20.2 Å². The zero-order chi connectivity index (χ0) is 37.9. The first kappa shape index (κ1) is 35.1. The highest BCUT2D eigenvalue weighted by molar-refractivity contribution is 5.98. The number of imidazole rings is 2. The molecule has 53 heavy (non-hydrogen) atoms. The van der Waals surface area contributed by atoms with Gasteiger partial charge in [0.2, 0.25) is 23.1 Å². The minimum absolute atomic E-state index is 0.175. The monoisotopic (exact) mass is 718 g/mol. The summed E-state index contributed by atoms with van der Waals surface area (Å²) in [6, 6.07) is 13.9. The number of fused-ring (bicyclic) bond motifs is 2. The lowest BCUT2D eigenvalue weighted by Gasteiger charge is -2.08. The summed E-state index contributed by atoms with van der Waals surface area (Å²) in [4.78, 5) is 60.7. The van der Waals surface area contributed by atoms with E-state index < -0.39 is 23.6 Å². The predicted molar refractivity (Wildman–Crippen MR) is 196 cm³/mol. The third-order valence-electron chi connectivity index (χ3n) is 10.1. The van der Waals surface area contributed by atoms with E-state index in [0.717, 1.165) is 28.8 Å². The van der Waals surface area contributed by atoms with Crippen LogP contribution in [0.1, 0.15) is 73.3 Å². The molecule has 1 saturated carbocycles. The number of nitrogens with zero attached hydrogens (tertiary/aromatic N) is 10. The van der Waals surface area contributed by atoms with Crippen molar-refractivity contribution in [3.63, 3.8) is 0 Å². The van der Waals surface area contributed by atoms with Crippen molar-refractivity contribution in [1.82, 2.24) is 37.8 Å². The molecule has 0 bridgehead atoms. The van der Waals surface area contributed by atoms with Crippen LogP contribution in [-0.2, 0) is 40.3 Å². The van der Waals surface area contributed by atoms with E-state index in [-0.39, 0.29) is 11.8 Å². The second-order valence-corrected chi connectivity index (χ2v) is 13.6. The summed E-state index contributed by atoms with van der Waals surface area (Å²) in [6.07, 6.45) is 0.857. The summed E-state index contributed by atoms with van der Waals surface area (Å²) in [5.41, 5.74) is 18.0. The zero-order valence-corrected chi connectivity index (χ0v) is 30.6. The molecule has 6 aromatic rings. The van der Waals surface area contributed by atoms with E-state index in [1.54, 1.807) is 54.9 Å². The minimum Gasteiger partial charge on any atom is -0.366 e. The Morgan fingerprint density at radius 2 is 1.06 bits per heavy atom. The Kier molecular flexibility index (Phi) is 8.83. The molecular formula is C37H42N12O4. The van der Waals surface area contributed by atoms with Crippen LogP contribution in [0.3, 0.4) is 0 Å². The molecule has 4 N–H and O–H groups in total. The Labute approximate surface area is 303 Å². The molecule has 7 rings (SSSR count). The number of amides is 4. The number of rotatable bonds is 10. The Morgan fingerprint density at radius 1 is 0.660 bits per heavy atom. The lowest BCUT2D eigenvalue weighted by Crippen LogP contribution is -2.28. The first-order chi connectivity index (χ1) is 25.3. The van der Waals surface area contributed by atoms with Gasteiger partial charge < -0.3 is 29.7 Å². The van der Waals surface area contributed by atoms with E-state index in [9.17, 15) is 19.2 Å². The topological polar surface area (TPSA) is 200 Å². The smallest absolute Gasteiger partial charge is 0.298 e. The van der Waals surface area contributed by atoms with Gasteiger partial charge in [0, 0.05) is 51.4 Å². The van der Waals surface area contributed by atoms with Gasteiger partial charge in [-0.25, -0.2) is 0 Å². The average molecular weight is 719 g/mol. The summed E-state index contributed by atoms with van der Waals surface area (Å²) in [5, 5.41) is 8.84. The Morgan fingerprint density at radius 3 is 1.42 bits per heavy atom. The van der Waals surface area contributed by atoms with Gasteiger partial charge in [0.25, 0.3) is 11.8 Å². The average Bonchev–Trinajstić information content (AvgIpc) is 3.34. The molecule has 0 spiro atoms. The number of carbonyl (C=O) groups is 4. The zero-order valence-electron chi connectivity index (χ0n) is 30.6. The van der Waals surface area contributed by atoms with Crippen LogP contribution < -0.4 is 22.7 Å². The van der Waals surface area contributed by atoms with Gasteiger partial charge in [-0.05, 0) is 94.5 Å². The molecule has 16 heteroatoms. The van der Waals surface area contributed by atoms with Gasteiger partial charge in [0.05, 0.1) is 33.5 Å². The van der Waals surface area contributed by atoms with E-state index >= 15 is 0 Å². The maximum absolute atomic E-state index is 13.6. The highest BCUT2D eigenvalue weighted by atomic mass is 16.2. The van der Waals surface area contributed by atoms with E-state index in [4.69, 9.17) is 11.5 Å². The van der Waals surface area contributed by atoms with Gasteiger partial charge >= 0.3 is 0 Å². The number of aryl methyl sites for hydroxylation is 6. The van der Waals surface area contributed by atoms with E-state index in [2.05, 4.69) is 20.2 Å². The molecule has 1 aliphatic rings. The highest BCUT2D eigenvalue weighted by Gasteiger charge is 2.39. The van der Waals surface area contributed by atoms with E-state index in [1.807, 2.05) is 63.1 Å². The van der Waals surface area contributed by atoms with Crippen molar-refractivity contribution < 1.29 is 19.2 Å². The molecule has 16 nitrogen and oxygen atoms in total. The maximum Gasteiger partial charge on any atom is 0.298 e. The number of carbonyl (C=O) groups excluding carboxylic acids is 4. The third kappa shape index (κ3) is 6.29. The van der Waals surface area contributed by atoms with Crippen molar-refractivity contribution >= 4 is 45.7 Å². The fraction of sp³-hybridized carbons (Fsp3) is 0.351. The molecule has 4 amide bonds. The Bertz CT molecular complexity index is 2460. The van der Waals surface area contributed by atoms with Gasteiger partial charge in [-0.3, -0.25) is 28.5 Å². The fourth-order valence-corrected chi connectivity index (χ4v) is 7.21. The van der Waals surface area contributed by atoms with Crippen LogP contribution in [0.25, 0.3) is 22.1 Å². The van der Waals surface area contributed by atoms with Gasteiger partial charge in [0.15, 0.2) is 0 Å². The molecule has 0 saturated heterocycles. The molecule has 1 aliphatic carbocycles. The molecule has 0 aliphatic heterocycles. The number of benzene rings is 2. The third-order valence-corrected chi connectivity index (χ3v) is 10.1. The summed E-state index contributed by atoms with van der Waals surface area (Å²) < 4.78 is 10.9. The van der Waals surface area contributed by atoms with Gasteiger partial charge in [-0.1, -0.05) is 0 Å². The largest absolute Gasteiger partial charge is 0.366 e. The lowest BCUT2D eigenvalue weighted by molar-refractivity contribution is 0.0977. The summed E-state index contributed by atoms with van der Waals surface area (Å²) >= 11 is 0. The molecule has 4 heterocycles. The molecule has 2 aromatic carbocycles. The fourth-order valence-electron chi connectivity index (χ4n) is 7.21. The van der Waals surface area contributed by atoms with E-state index in [0.29, 0.717) is 71.0 Å². The van der Waals surface area contributed by atoms with Gasteiger partial charge in [-0.15, -0.1) is 0 Å². The summed E-state index contributed by atoms with van der Waals surface area (Å²) in [7, 11) is 3.62. The van der Waals surface area contributed by atoms with Crippen LogP contribution in [-0.4, -0.2) is 61.5 Å². The van der Waals surface area contributed by atoms with Crippen molar-refractivity contribution in [2.45, 2.75) is 60.3 Å². The highest BCUT2D eigenvalue weighted by Crippen LogP contribution is 2.41. The standard InChI is InChI=1S/C37H42N12O4/c1-7-48-30(13-20(3)42-48)34(52)40-36-44(5)28-16-22(32(38)50)9-11-26(28)46(36)18-24-15-25(24)19-47-27-12-10-23(33(39)51)17-29(27)45(6)37(47)41-35(53)31-14-21(4)43-49(31)8-2/h9-14,16-17,24-25H,7-8,15,18-19H2,1-6H3,(H2,38,50)(H2,39,51)/t24-,25-/m0/s1. The first-order valence-corrected chi connectivity index (χ1v) is 17.5. The van der Waals surface area contributed by atoms with Crippen LogP contribution in [0.4, 0.5) is 0 Å². The van der Waals surface area contributed by atoms with Crippen molar-refractivity contribution in [3.05, 3.63) is 93.7 Å². The molecule has 274 valence electrons. The van der Waals surface area contributed by atoms with Crippen LogP contribution >= 0.6 is 0 Å². The van der Waals surface area contributed by atoms with Crippen LogP contribution in [0.5, 0.6) is 0 Å². The van der Waals surface area contributed by atoms with Crippen LogP contribution in [0.2, 0.25) is 0 Å². The lowest BCUT2D eigenvalue weighted by atomic mass is 10.2. The van der Waals surface area contributed by atoms with Crippen molar-refractivity contribution in [2.24, 2.45) is 47.4 Å². The van der Waals surface area contributed by atoms with Crippen LogP contribution in [0.15, 0.2) is 58.5 Å². The normalized spacial score (nSPS) is 16.3. The Balaban J connectivity index is 1.28. The molecule has 1 fully saturated rings. The van der Waals surface area contributed by atoms with Crippen molar-refractivity contribution in [3.8, 4) is 0 Å². The molecule has 0 unspecified atom stereocenters. The number of hydrogen-bond donors (Lipinski definition) is 2. The number of hydrogen-bond acceptors (Lipinski definition) is 6. The number of primary amides is 2. The summed E-state index contributed by atoms with van der Waals surface area (Å²) in [6.45, 7) is 9.60. The van der Waals surface area contributed by atoms with Crippen molar-refractivity contribution in [1.29, 1.82) is 0 Å². The van der Waals surface area contributed by atoms with Crippen molar-refractivity contribution in [2.75, 3.05) is 0 Å². The number of nitrogens with two attached hydrogens (primary N) is 2. The predicted octanol–water partition coefficient (Wildman–Crippen LogP) is 2.34. The first-order valence-electron chi connectivity index (χ1n) is 17.5. The second-order valence-electron chi connectivity index (χ2n) is 13.6. The Hall–Kier alpha value is -6.32. The quantitative estimate of drug-likeness (QED) is 0.218. The van der Waals surface area contributed by atoms with Crippen LogP contribution in [0, 0.1) is 25.7 Å². The summed E-state index contributed by atoms with van der Waals surface area (Å²) in [5.74, 6) is -1.60. The minimum atomic E-state index is -0.553.